The molecule has 2 N–H and O–H groups in total. The number of fused-ring (bicyclic) bond motifs is 4. The Morgan fingerprint density at radius 1 is 0.574 bits per heavy atom. The third-order valence-corrected chi connectivity index (χ3v) is 9.41. The topological polar surface area (TPSA) is 53.4 Å². The Morgan fingerprint density at radius 3 is 1.30 bits per heavy atom. The van der Waals surface area contributed by atoms with E-state index in [0.29, 0.717) is 0 Å². The molecular formula is C38H42I2N4O2Rh-2. The van der Waals surface area contributed by atoms with E-state index in [0.717, 1.165) is 22.9 Å². The van der Waals surface area contributed by atoms with Crippen LogP contribution in [0.25, 0.3) is 11.1 Å². The summed E-state index contributed by atoms with van der Waals surface area (Å²) in [5, 5.41) is 15.2. The van der Waals surface area contributed by atoms with Crippen LogP contribution >= 0.6 is 39.5 Å². The zero-order valence-electron chi connectivity index (χ0n) is 27.1. The van der Waals surface area contributed by atoms with Crippen LogP contribution < -0.4 is 19.6 Å². The van der Waals surface area contributed by atoms with Gasteiger partial charge in [-0.2, -0.15) is 13.3 Å². The van der Waals surface area contributed by atoms with Crippen molar-refractivity contribution in [1.82, 2.24) is 0 Å². The van der Waals surface area contributed by atoms with Crippen molar-refractivity contribution in [2.75, 3.05) is 33.7 Å². The number of aliphatic hydroxyl groups is 2. The van der Waals surface area contributed by atoms with Crippen LogP contribution in [0.5, 0.6) is 0 Å². The predicted molar refractivity (Wildman–Crippen MR) is 210 cm³/mol. The van der Waals surface area contributed by atoms with Gasteiger partial charge in [0.1, 0.15) is 6.29 Å². The van der Waals surface area contributed by atoms with Crippen LogP contribution in [0.15, 0.2) is 72.8 Å². The number of halogens is 2. The summed E-state index contributed by atoms with van der Waals surface area (Å²) in [6.07, 6.45) is 8.56. The number of benzene rings is 4. The van der Waals surface area contributed by atoms with Crippen LogP contribution in [0, 0.1) is 13.3 Å². The minimum absolute atomic E-state index is 0.770. The first-order chi connectivity index (χ1) is 22.8. The molecule has 0 radical (unpaired) electrons. The van der Waals surface area contributed by atoms with Crippen LogP contribution in [0.1, 0.15) is 54.9 Å². The van der Waals surface area contributed by atoms with Gasteiger partial charge in [0.25, 0.3) is 0 Å². The molecule has 0 amide bonds. The number of aliphatic hydroxyl groups excluding tert-OH is 1. The summed E-state index contributed by atoms with van der Waals surface area (Å²) in [7, 11) is 5.10. The predicted octanol–water partition coefficient (Wildman–Crippen LogP) is 9.61. The quantitative estimate of drug-likeness (QED) is 0.0925. The summed E-state index contributed by atoms with van der Waals surface area (Å²) >= 11 is 4.69. The molecule has 8 rings (SSSR count). The maximum atomic E-state index is 7.61. The number of para-hydroxylation sites is 4. The number of hydrogen-bond acceptors (Lipinski definition) is 6. The fourth-order valence-electron chi connectivity index (χ4n) is 7.50. The normalized spacial score (nSPS) is 16.2. The first kappa shape index (κ1) is 34.9. The van der Waals surface area contributed by atoms with E-state index in [9.17, 15) is 0 Å². The zero-order valence-corrected chi connectivity index (χ0v) is 33.0. The molecule has 2 heterocycles. The summed E-state index contributed by atoms with van der Waals surface area (Å²) < 4.78 is 0. The van der Waals surface area contributed by atoms with E-state index in [2.05, 4.69) is 159 Å². The second kappa shape index (κ2) is 15.7. The molecule has 0 atom stereocenters. The third kappa shape index (κ3) is 7.21. The fourth-order valence-corrected chi connectivity index (χ4v) is 7.50. The molecular weight excluding hydrogens is 901 g/mol. The molecule has 2 aliphatic carbocycles. The average Bonchev–Trinajstić information content (AvgIpc) is 3.60. The molecule has 6 nitrogen and oxygen atoms in total. The van der Waals surface area contributed by atoms with Crippen molar-refractivity contribution in [3.8, 4) is 11.1 Å². The van der Waals surface area contributed by atoms with E-state index in [1.807, 2.05) is 0 Å². The summed E-state index contributed by atoms with van der Waals surface area (Å²) in [5.74, 6) is 0. The molecule has 4 aliphatic rings. The SMILES string of the molecule is CC(O)O.CN1[CH-]N(c2ccc3c(c2-c2c(N4[CH-]N(C)c5ccccc54)ccc4c2CCCC4)CCCC3)c2ccccc21.[I][Rh][I]. The van der Waals surface area contributed by atoms with E-state index < -0.39 is 6.29 Å². The Balaban J connectivity index is 0.000000507. The molecule has 4 aromatic rings. The molecule has 0 saturated heterocycles. The van der Waals surface area contributed by atoms with Crippen molar-refractivity contribution in [2.24, 2.45) is 0 Å². The maximum absolute atomic E-state index is 7.61. The van der Waals surface area contributed by atoms with Crippen LogP contribution in [0.4, 0.5) is 34.1 Å². The van der Waals surface area contributed by atoms with Gasteiger partial charge in [0, 0.05) is 45.3 Å². The van der Waals surface area contributed by atoms with Crippen molar-refractivity contribution in [2.45, 2.75) is 64.6 Å². The minimum atomic E-state index is -1.17. The molecule has 0 saturated carbocycles. The molecule has 47 heavy (non-hydrogen) atoms. The van der Waals surface area contributed by atoms with Crippen molar-refractivity contribution in [1.29, 1.82) is 0 Å². The number of anilines is 6. The van der Waals surface area contributed by atoms with Gasteiger partial charge in [0.15, 0.2) is 0 Å². The van der Waals surface area contributed by atoms with Gasteiger partial charge >= 0.3 is 49.6 Å². The van der Waals surface area contributed by atoms with E-state index in [1.54, 1.807) is 11.1 Å². The second-order valence-corrected chi connectivity index (χ2v) is 25.1. The number of hydrogen-bond donors (Lipinski definition) is 2. The summed E-state index contributed by atoms with van der Waals surface area (Å²) in [6, 6.07) is 27.3. The Hall–Kier alpha value is -1.92. The Bertz CT molecular complexity index is 1590. The van der Waals surface area contributed by atoms with Gasteiger partial charge in [-0.25, -0.2) is 0 Å². The van der Waals surface area contributed by atoms with E-state index in [1.165, 1.54) is 102 Å². The summed E-state index contributed by atoms with van der Waals surface area (Å²) in [4.78, 5) is 9.41. The molecule has 4 aromatic carbocycles. The molecule has 251 valence electrons. The van der Waals surface area contributed by atoms with Crippen LogP contribution in [-0.2, 0) is 35.8 Å². The van der Waals surface area contributed by atoms with Crippen LogP contribution in [-0.4, -0.2) is 30.6 Å². The Morgan fingerprint density at radius 2 is 0.915 bits per heavy atom. The monoisotopic (exact) mass is 943 g/mol. The summed E-state index contributed by atoms with van der Waals surface area (Å²) in [6.45, 7) is 5.83. The van der Waals surface area contributed by atoms with Gasteiger partial charge < -0.3 is 29.8 Å². The van der Waals surface area contributed by atoms with E-state index >= 15 is 0 Å². The average molecular weight is 943 g/mol. The molecule has 2 aliphatic heterocycles. The van der Waals surface area contributed by atoms with Crippen LogP contribution in [0.3, 0.4) is 0 Å². The third-order valence-electron chi connectivity index (χ3n) is 9.41. The molecule has 0 fully saturated rings. The zero-order chi connectivity index (χ0) is 33.1. The van der Waals surface area contributed by atoms with Crippen molar-refractivity contribution in [3.05, 3.63) is 108 Å². The summed E-state index contributed by atoms with van der Waals surface area (Å²) in [5.41, 5.74) is 16.7. The van der Waals surface area contributed by atoms with Gasteiger partial charge in [0.2, 0.25) is 0 Å². The number of aryl methyl sites for hydroxylation is 2. The number of rotatable bonds is 3. The van der Waals surface area contributed by atoms with Crippen molar-refractivity contribution < 1.29 is 20.3 Å². The second-order valence-electron chi connectivity index (χ2n) is 12.5. The van der Waals surface area contributed by atoms with E-state index in [4.69, 9.17) is 10.2 Å². The van der Waals surface area contributed by atoms with Crippen LogP contribution in [0.2, 0.25) is 0 Å². The molecule has 0 unspecified atom stereocenters. The fraction of sp³-hybridized carbons (Fsp3) is 0.316. The van der Waals surface area contributed by atoms with Gasteiger partial charge in [-0.05, 0) is 131 Å². The first-order valence-electron chi connectivity index (χ1n) is 16.3. The van der Waals surface area contributed by atoms with Gasteiger partial charge in [-0.1, -0.05) is 36.4 Å². The van der Waals surface area contributed by atoms with Crippen molar-refractivity contribution in [3.63, 3.8) is 0 Å². The first-order valence-corrected chi connectivity index (χ1v) is 26.0. The Labute approximate surface area is 309 Å². The van der Waals surface area contributed by atoms with Gasteiger partial charge in [0.05, 0.1) is 0 Å². The molecule has 0 aromatic heterocycles. The van der Waals surface area contributed by atoms with Gasteiger partial charge in [-0.3, -0.25) is 0 Å². The molecule has 0 bridgehead atoms. The molecule has 0 spiro atoms. The molecule has 9 heteroatoms. The van der Waals surface area contributed by atoms with Gasteiger partial charge in [-0.15, -0.1) is 0 Å². The van der Waals surface area contributed by atoms with Crippen molar-refractivity contribution >= 4 is 73.6 Å². The number of nitrogens with zero attached hydrogens (tertiary/aromatic N) is 4. The standard InChI is InChI=1S/C36H36N4.C2H6O2.2HI.Rh/c1-37-23-39(31-17-9-7-15-29(31)37)33-21-19-25-11-3-5-13-27(25)35(33)36-28-14-6-4-12-26(28)20-22-34(36)40-24-38(2)30-16-8-10-18-32(30)40;1-2(3)4;;;/h7-10,15-24H,3-6,11-14H2,1-2H3;2-4H,1H3;2*1H;/q-2;;;;+2/p-2. The van der Waals surface area contributed by atoms with E-state index in [-0.39, 0.29) is 0 Å². The Kier molecular flexibility index (Phi) is 11.7.